The van der Waals surface area contributed by atoms with Gasteiger partial charge in [0.15, 0.2) is 5.96 Å². The molecule has 2 heterocycles. The summed E-state index contributed by atoms with van der Waals surface area (Å²) in [4.78, 5) is 7.31. The van der Waals surface area contributed by atoms with Crippen molar-refractivity contribution in [2.75, 3.05) is 52.6 Å². The van der Waals surface area contributed by atoms with Crippen LogP contribution < -0.4 is 10.6 Å². The Hall–Kier alpha value is -0.900. The molecule has 2 N–H and O–H groups in total. The van der Waals surface area contributed by atoms with Crippen LogP contribution in [0.4, 0.5) is 0 Å². The fourth-order valence-electron chi connectivity index (χ4n) is 4.14. The van der Waals surface area contributed by atoms with Crippen LogP contribution in [0.3, 0.4) is 0 Å². The number of aliphatic imine (C=N–C) groups is 1. The zero-order valence-electron chi connectivity index (χ0n) is 19.3. The van der Waals surface area contributed by atoms with Crippen molar-refractivity contribution in [1.29, 1.82) is 0 Å². The largest absolute Gasteiger partial charge is 0.381 e. The monoisotopic (exact) mass is 544 g/mol. The van der Waals surface area contributed by atoms with Crippen LogP contribution in [0.5, 0.6) is 0 Å². The molecular weight excluding hydrogens is 503 g/mol. The van der Waals surface area contributed by atoms with Crippen molar-refractivity contribution in [2.24, 2.45) is 10.9 Å². The van der Waals surface area contributed by atoms with Gasteiger partial charge in [0.25, 0.3) is 0 Å². The van der Waals surface area contributed by atoms with E-state index in [1.807, 2.05) is 0 Å². The summed E-state index contributed by atoms with van der Waals surface area (Å²) in [5.41, 5.74) is 2.76. The SMILES string of the molecule is CCNC(=NCCCOCC1CCOC1)NC1CCN(Cc2cccc(C)c2)CC1.I. The van der Waals surface area contributed by atoms with Gasteiger partial charge in [0, 0.05) is 57.9 Å². The van der Waals surface area contributed by atoms with E-state index < -0.39 is 0 Å². The first-order valence-corrected chi connectivity index (χ1v) is 11.7. The summed E-state index contributed by atoms with van der Waals surface area (Å²) in [6.45, 7) is 12.6. The lowest BCUT2D eigenvalue weighted by Crippen LogP contribution is -2.48. The minimum absolute atomic E-state index is 0. The molecule has 2 aliphatic heterocycles. The molecule has 2 saturated heterocycles. The minimum Gasteiger partial charge on any atom is -0.381 e. The molecule has 1 aromatic carbocycles. The zero-order chi connectivity index (χ0) is 21.0. The van der Waals surface area contributed by atoms with Gasteiger partial charge in [-0.2, -0.15) is 0 Å². The van der Waals surface area contributed by atoms with Crippen molar-refractivity contribution < 1.29 is 9.47 Å². The summed E-state index contributed by atoms with van der Waals surface area (Å²) in [5.74, 6) is 1.53. The molecule has 0 spiro atoms. The van der Waals surface area contributed by atoms with Gasteiger partial charge in [-0.3, -0.25) is 9.89 Å². The highest BCUT2D eigenvalue weighted by Crippen LogP contribution is 2.15. The first-order chi connectivity index (χ1) is 14.7. The molecule has 7 heteroatoms. The van der Waals surface area contributed by atoms with Crippen molar-refractivity contribution in [2.45, 2.75) is 52.1 Å². The van der Waals surface area contributed by atoms with E-state index in [0.29, 0.717) is 12.0 Å². The minimum atomic E-state index is 0. The highest BCUT2D eigenvalue weighted by atomic mass is 127. The summed E-state index contributed by atoms with van der Waals surface area (Å²) in [6.07, 6.45) is 4.40. The van der Waals surface area contributed by atoms with Gasteiger partial charge in [0.1, 0.15) is 0 Å². The highest BCUT2D eigenvalue weighted by molar-refractivity contribution is 14.0. The van der Waals surface area contributed by atoms with Gasteiger partial charge in [-0.15, -0.1) is 24.0 Å². The van der Waals surface area contributed by atoms with Crippen LogP contribution in [0.2, 0.25) is 0 Å². The Labute approximate surface area is 205 Å². The van der Waals surface area contributed by atoms with Gasteiger partial charge in [-0.05, 0) is 45.1 Å². The number of guanidine groups is 1. The van der Waals surface area contributed by atoms with Crippen molar-refractivity contribution in [3.05, 3.63) is 35.4 Å². The quantitative estimate of drug-likeness (QED) is 0.204. The number of piperidine rings is 1. The number of nitrogens with one attached hydrogen (secondary N) is 2. The van der Waals surface area contributed by atoms with E-state index in [0.717, 1.165) is 90.8 Å². The molecule has 0 saturated carbocycles. The molecular formula is C24H41IN4O2. The van der Waals surface area contributed by atoms with E-state index in [1.165, 1.54) is 11.1 Å². The van der Waals surface area contributed by atoms with Crippen LogP contribution in [0.1, 0.15) is 43.7 Å². The molecule has 176 valence electrons. The summed E-state index contributed by atoms with van der Waals surface area (Å²) in [6, 6.07) is 9.35. The smallest absolute Gasteiger partial charge is 0.191 e. The first kappa shape index (κ1) is 26.4. The lowest BCUT2D eigenvalue weighted by Gasteiger charge is -2.33. The third-order valence-corrected chi connectivity index (χ3v) is 5.86. The van der Waals surface area contributed by atoms with Crippen molar-refractivity contribution in [1.82, 2.24) is 15.5 Å². The summed E-state index contributed by atoms with van der Waals surface area (Å²) in [5, 5.41) is 7.03. The van der Waals surface area contributed by atoms with Gasteiger partial charge in [0.05, 0.1) is 13.2 Å². The molecule has 3 rings (SSSR count). The van der Waals surface area contributed by atoms with Gasteiger partial charge < -0.3 is 20.1 Å². The molecule has 2 aliphatic rings. The molecule has 0 bridgehead atoms. The maximum absolute atomic E-state index is 5.78. The topological polar surface area (TPSA) is 58.1 Å². The molecule has 1 unspecified atom stereocenters. The Kier molecular flexibility index (Phi) is 12.8. The molecule has 2 fully saturated rings. The van der Waals surface area contributed by atoms with E-state index in [2.05, 4.69) is 53.6 Å². The maximum atomic E-state index is 5.78. The fourth-order valence-corrected chi connectivity index (χ4v) is 4.14. The predicted octanol–water partition coefficient (Wildman–Crippen LogP) is 3.58. The highest BCUT2D eigenvalue weighted by Gasteiger charge is 2.20. The van der Waals surface area contributed by atoms with Gasteiger partial charge in [-0.25, -0.2) is 0 Å². The molecule has 6 nitrogen and oxygen atoms in total. The summed E-state index contributed by atoms with van der Waals surface area (Å²) < 4.78 is 11.2. The molecule has 0 radical (unpaired) electrons. The van der Waals surface area contributed by atoms with Crippen LogP contribution in [-0.2, 0) is 16.0 Å². The van der Waals surface area contributed by atoms with Gasteiger partial charge in [-0.1, -0.05) is 29.8 Å². The third kappa shape index (κ3) is 10.1. The van der Waals surface area contributed by atoms with Crippen molar-refractivity contribution in [3.63, 3.8) is 0 Å². The Balaban J connectivity index is 0.00000341. The number of nitrogens with zero attached hydrogens (tertiary/aromatic N) is 2. The average Bonchev–Trinajstić information content (AvgIpc) is 3.26. The average molecular weight is 545 g/mol. The molecule has 0 aliphatic carbocycles. The van der Waals surface area contributed by atoms with E-state index in [1.54, 1.807) is 0 Å². The Morgan fingerprint density at radius 3 is 2.81 bits per heavy atom. The number of hydrogen-bond acceptors (Lipinski definition) is 4. The van der Waals surface area contributed by atoms with Gasteiger partial charge in [0.2, 0.25) is 0 Å². The van der Waals surface area contributed by atoms with Crippen LogP contribution >= 0.6 is 24.0 Å². The number of hydrogen-bond donors (Lipinski definition) is 2. The number of benzene rings is 1. The Bertz CT molecular complexity index is 644. The van der Waals surface area contributed by atoms with E-state index in [4.69, 9.17) is 14.5 Å². The molecule has 0 aromatic heterocycles. The standard InChI is InChI=1S/C24H40N4O2.HI/c1-3-25-24(26-11-5-14-29-18-22-10-15-30-19-22)27-23-8-12-28(13-9-23)17-21-7-4-6-20(2)16-21;/h4,6-7,16,22-23H,3,5,8-15,17-19H2,1-2H3,(H2,25,26,27);1H. The molecule has 0 amide bonds. The van der Waals surface area contributed by atoms with Crippen molar-refractivity contribution >= 4 is 29.9 Å². The number of aryl methyl sites for hydroxylation is 1. The molecule has 1 aromatic rings. The lowest BCUT2D eigenvalue weighted by molar-refractivity contribution is 0.0893. The second-order valence-corrected chi connectivity index (χ2v) is 8.60. The van der Waals surface area contributed by atoms with Crippen LogP contribution in [0.25, 0.3) is 0 Å². The summed E-state index contributed by atoms with van der Waals surface area (Å²) in [7, 11) is 0. The second-order valence-electron chi connectivity index (χ2n) is 8.60. The number of rotatable bonds is 10. The van der Waals surface area contributed by atoms with Crippen molar-refractivity contribution in [3.8, 4) is 0 Å². The van der Waals surface area contributed by atoms with E-state index in [9.17, 15) is 0 Å². The number of ether oxygens (including phenoxy) is 2. The Morgan fingerprint density at radius 2 is 2.10 bits per heavy atom. The van der Waals surface area contributed by atoms with E-state index in [-0.39, 0.29) is 24.0 Å². The number of likely N-dealkylation sites (tertiary alicyclic amines) is 1. The van der Waals surface area contributed by atoms with Gasteiger partial charge >= 0.3 is 0 Å². The normalized spacial score (nSPS) is 20.5. The first-order valence-electron chi connectivity index (χ1n) is 11.7. The third-order valence-electron chi connectivity index (χ3n) is 5.86. The van der Waals surface area contributed by atoms with Crippen LogP contribution in [0.15, 0.2) is 29.3 Å². The fraction of sp³-hybridized carbons (Fsp3) is 0.708. The second kappa shape index (κ2) is 15.0. The summed E-state index contributed by atoms with van der Waals surface area (Å²) >= 11 is 0. The molecule has 1 atom stereocenters. The van der Waals surface area contributed by atoms with Crippen LogP contribution in [-0.4, -0.2) is 69.5 Å². The molecule has 31 heavy (non-hydrogen) atoms. The lowest BCUT2D eigenvalue weighted by atomic mass is 10.0. The van der Waals surface area contributed by atoms with Crippen LogP contribution in [0, 0.1) is 12.8 Å². The predicted molar refractivity (Wildman–Crippen MR) is 138 cm³/mol. The number of halogens is 1. The Morgan fingerprint density at radius 1 is 1.26 bits per heavy atom. The zero-order valence-corrected chi connectivity index (χ0v) is 21.6. The maximum Gasteiger partial charge on any atom is 0.191 e. The van der Waals surface area contributed by atoms with E-state index >= 15 is 0 Å².